The summed E-state index contributed by atoms with van der Waals surface area (Å²) in [5.41, 5.74) is -0.0806. The highest BCUT2D eigenvalue weighted by Crippen LogP contribution is 2.24. The van der Waals surface area contributed by atoms with Crippen LogP contribution in [0.4, 0.5) is 0 Å². The molecule has 0 amide bonds. The molecule has 0 aromatic rings. The number of guanidine groups is 1. The Morgan fingerprint density at radius 2 is 2.19 bits per heavy atom. The van der Waals surface area contributed by atoms with Crippen molar-refractivity contribution in [1.82, 2.24) is 10.6 Å². The third-order valence-electron chi connectivity index (χ3n) is 3.43. The monoisotopic (exact) mass is 299 g/mol. The van der Waals surface area contributed by atoms with Crippen LogP contribution >= 0.6 is 0 Å². The van der Waals surface area contributed by atoms with Crippen molar-refractivity contribution in [3.05, 3.63) is 0 Å². The molecule has 1 aliphatic rings. The lowest BCUT2D eigenvalue weighted by atomic mass is 10.0. The van der Waals surface area contributed by atoms with Crippen molar-refractivity contribution in [2.75, 3.05) is 39.5 Å². The number of rotatable bonds is 9. The zero-order valence-corrected chi connectivity index (χ0v) is 14.2. The lowest BCUT2D eigenvalue weighted by Crippen LogP contribution is -2.39. The van der Waals surface area contributed by atoms with E-state index in [-0.39, 0.29) is 5.60 Å². The first-order chi connectivity index (χ1) is 10.1. The third kappa shape index (κ3) is 8.27. The summed E-state index contributed by atoms with van der Waals surface area (Å²) in [7, 11) is 0. The second-order valence-electron chi connectivity index (χ2n) is 6.35. The van der Waals surface area contributed by atoms with E-state index < -0.39 is 0 Å². The van der Waals surface area contributed by atoms with Gasteiger partial charge in [-0.2, -0.15) is 0 Å². The largest absolute Gasteiger partial charge is 0.381 e. The molecular formula is C16H33N3O2. The summed E-state index contributed by atoms with van der Waals surface area (Å²) in [4.78, 5) is 4.64. The molecule has 0 spiro atoms. The molecule has 0 aromatic heterocycles. The minimum atomic E-state index is -0.0806. The van der Waals surface area contributed by atoms with Crippen molar-refractivity contribution in [2.45, 2.75) is 52.6 Å². The summed E-state index contributed by atoms with van der Waals surface area (Å²) in [5.74, 6) is 1.47. The zero-order chi connectivity index (χ0) is 15.6. The van der Waals surface area contributed by atoms with E-state index in [4.69, 9.17) is 9.47 Å². The van der Waals surface area contributed by atoms with E-state index in [0.717, 1.165) is 58.1 Å². The van der Waals surface area contributed by atoms with Crippen LogP contribution in [-0.2, 0) is 9.47 Å². The van der Waals surface area contributed by atoms with Crippen LogP contribution in [0.5, 0.6) is 0 Å². The predicted octanol–water partition coefficient (Wildman–Crippen LogP) is 2.17. The molecule has 1 fully saturated rings. The van der Waals surface area contributed by atoms with Crippen LogP contribution < -0.4 is 10.6 Å². The predicted molar refractivity (Wildman–Crippen MR) is 87.8 cm³/mol. The molecule has 5 nitrogen and oxygen atoms in total. The van der Waals surface area contributed by atoms with Gasteiger partial charge in [-0.25, -0.2) is 0 Å². The van der Waals surface area contributed by atoms with Gasteiger partial charge in [0.1, 0.15) is 0 Å². The van der Waals surface area contributed by atoms with Crippen LogP contribution in [0.3, 0.4) is 0 Å². The van der Waals surface area contributed by atoms with Gasteiger partial charge in [-0.1, -0.05) is 13.8 Å². The second-order valence-corrected chi connectivity index (χ2v) is 6.35. The van der Waals surface area contributed by atoms with E-state index in [1.54, 1.807) is 0 Å². The maximum atomic E-state index is 5.77. The lowest BCUT2D eigenvalue weighted by molar-refractivity contribution is 0.0283. The number of nitrogens with one attached hydrogen (secondary N) is 2. The highest BCUT2D eigenvalue weighted by atomic mass is 16.5. The first-order valence-corrected chi connectivity index (χ1v) is 8.29. The van der Waals surface area contributed by atoms with Gasteiger partial charge >= 0.3 is 0 Å². The minimum absolute atomic E-state index is 0.0806. The molecular weight excluding hydrogens is 266 g/mol. The van der Waals surface area contributed by atoms with Crippen molar-refractivity contribution in [3.8, 4) is 0 Å². The van der Waals surface area contributed by atoms with Gasteiger partial charge < -0.3 is 20.1 Å². The van der Waals surface area contributed by atoms with Gasteiger partial charge in [0.05, 0.1) is 12.1 Å². The Hall–Kier alpha value is -0.810. The SMILES string of the molecule is CCNC(=NCC1(C)CCCO1)NCCCOCC(C)C. The van der Waals surface area contributed by atoms with Gasteiger partial charge in [0.15, 0.2) is 5.96 Å². The molecule has 1 saturated heterocycles. The molecule has 0 aliphatic carbocycles. The Labute approximate surface area is 129 Å². The van der Waals surface area contributed by atoms with E-state index in [1.165, 1.54) is 0 Å². The first kappa shape index (κ1) is 18.2. The van der Waals surface area contributed by atoms with Crippen LogP contribution in [0, 0.1) is 5.92 Å². The van der Waals surface area contributed by atoms with Crippen molar-refractivity contribution in [3.63, 3.8) is 0 Å². The van der Waals surface area contributed by atoms with Gasteiger partial charge in [0, 0.05) is 32.9 Å². The molecule has 0 aromatic carbocycles. The maximum absolute atomic E-state index is 5.77. The van der Waals surface area contributed by atoms with Crippen LogP contribution in [0.2, 0.25) is 0 Å². The smallest absolute Gasteiger partial charge is 0.191 e. The Morgan fingerprint density at radius 1 is 1.38 bits per heavy atom. The van der Waals surface area contributed by atoms with Crippen molar-refractivity contribution < 1.29 is 9.47 Å². The quantitative estimate of drug-likeness (QED) is 0.389. The van der Waals surface area contributed by atoms with Gasteiger partial charge in [0.2, 0.25) is 0 Å². The number of nitrogens with zero attached hydrogens (tertiary/aromatic N) is 1. The molecule has 1 unspecified atom stereocenters. The van der Waals surface area contributed by atoms with Crippen molar-refractivity contribution >= 4 is 5.96 Å². The molecule has 1 rings (SSSR count). The normalized spacial score (nSPS) is 22.8. The molecule has 5 heteroatoms. The standard InChI is InChI=1S/C16H33N3O2/c1-5-17-15(18-9-7-10-20-12-14(2)3)19-13-16(4)8-6-11-21-16/h14H,5-13H2,1-4H3,(H2,17,18,19). The summed E-state index contributed by atoms with van der Waals surface area (Å²) in [6.45, 7) is 13.5. The van der Waals surface area contributed by atoms with E-state index in [9.17, 15) is 0 Å². The Kier molecular flexibility index (Phi) is 8.69. The molecule has 0 bridgehead atoms. The van der Waals surface area contributed by atoms with Crippen LogP contribution in [0.15, 0.2) is 4.99 Å². The highest BCUT2D eigenvalue weighted by molar-refractivity contribution is 5.79. The molecule has 1 aliphatic heterocycles. The second kappa shape index (κ2) is 10.0. The zero-order valence-electron chi connectivity index (χ0n) is 14.2. The summed E-state index contributed by atoms with van der Waals surface area (Å²) in [6, 6.07) is 0. The van der Waals surface area contributed by atoms with E-state index in [0.29, 0.717) is 12.5 Å². The van der Waals surface area contributed by atoms with Crippen LogP contribution in [-0.4, -0.2) is 51.0 Å². The van der Waals surface area contributed by atoms with Gasteiger partial charge in [-0.15, -0.1) is 0 Å². The lowest BCUT2D eigenvalue weighted by Gasteiger charge is -2.21. The molecule has 124 valence electrons. The Morgan fingerprint density at radius 3 is 2.81 bits per heavy atom. The third-order valence-corrected chi connectivity index (χ3v) is 3.43. The van der Waals surface area contributed by atoms with Crippen LogP contribution in [0.1, 0.15) is 47.0 Å². The molecule has 21 heavy (non-hydrogen) atoms. The first-order valence-electron chi connectivity index (χ1n) is 8.29. The topological polar surface area (TPSA) is 54.9 Å². The molecule has 2 N–H and O–H groups in total. The van der Waals surface area contributed by atoms with Crippen molar-refractivity contribution in [2.24, 2.45) is 10.9 Å². The van der Waals surface area contributed by atoms with Gasteiger partial charge in [-0.3, -0.25) is 4.99 Å². The number of aliphatic imine (C=N–C) groups is 1. The molecule has 0 saturated carbocycles. The fourth-order valence-electron chi connectivity index (χ4n) is 2.25. The summed E-state index contributed by atoms with van der Waals surface area (Å²) in [6.07, 6.45) is 3.23. The summed E-state index contributed by atoms with van der Waals surface area (Å²) < 4.78 is 11.3. The van der Waals surface area contributed by atoms with E-state index in [1.807, 2.05) is 0 Å². The highest BCUT2D eigenvalue weighted by Gasteiger charge is 2.29. The van der Waals surface area contributed by atoms with Crippen molar-refractivity contribution in [1.29, 1.82) is 0 Å². The summed E-state index contributed by atoms with van der Waals surface area (Å²) >= 11 is 0. The average Bonchev–Trinajstić information content (AvgIpc) is 2.87. The fourth-order valence-corrected chi connectivity index (χ4v) is 2.25. The fraction of sp³-hybridized carbons (Fsp3) is 0.938. The molecule has 1 heterocycles. The van der Waals surface area contributed by atoms with Crippen LogP contribution in [0.25, 0.3) is 0 Å². The number of ether oxygens (including phenoxy) is 2. The average molecular weight is 299 g/mol. The summed E-state index contributed by atoms with van der Waals surface area (Å²) in [5, 5.41) is 6.63. The molecule has 1 atom stereocenters. The van der Waals surface area contributed by atoms with E-state index in [2.05, 4.69) is 43.3 Å². The Balaban J connectivity index is 2.22. The van der Waals surface area contributed by atoms with Gasteiger partial charge in [0.25, 0.3) is 0 Å². The van der Waals surface area contributed by atoms with Gasteiger partial charge in [-0.05, 0) is 39.0 Å². The minimum Gasteiger partial charge on any atom is -0.381 e. The maximum Gasteiger partial charge on any atom is 0.191 e. The number of hydrogen-bond donors (Lipinski definition) is 2. The van der Waals surface area contributed by atoms with E-state index >= 15 is 0 Å². The Bertz CT molecular complexity index is 300. The molecule has 0 radical (unpaired) electrons. The number of hydrogen-bond acceptors (Lipinski definition) is 3.